The Morgan fingerprint density at radius 2 is 2.00 bits per heavy atom. The lowest BCUT2D eigenvalue weighted by atomic mass is 9.84. The first-order valence-corrected chi connectivity index (χ1v) is 13.4. The first kappa shape index (κ1) is 29.7. The summed E-state index contributed by atoms with van der Waals surface area (Å²) in [6.45, 7) is 5.58. The van der Waals surface area contributed by atoms with Gasteiger partial charge in [0.1, 0.15) is 24.2 Å². The molecular formula is C29H30ClFN6O4. The number of aromatic nitrogens is 3. The van der Waals surface area contributed by atoms with Crippen LogP contribution in [-0.2, 0) is 4.79 Å². The first-order valence-electron chi connectivity index (χ1n) is 13.0. The summed E-state index contributed by atoms with van der Waals surface area (Å²) in [4.78, 5) is 44.7. The van der Waals surface area contributed by atoms with Gasteiger partial charge in [0.25, 0.3) is 5.91 Å². The van der Waals surface area contributed by atoms with Gasteiger partial charge in [0.05, 0.1) is 35.0 Å². The number of ether oxygens (including phenoxy) is 1. The highest BCUT2D eigenvalue weighted by Crippen LogP contribution is 2.43. The van der Waals surface area contributed by atoms with Crippen LogP contribution in [0, 0.1) is 30.6 Å². The summed E-state index contributed by atoms with van der Waals surface area (Å²) < 4.78 is 20.0. The minimum atomic E-state index is -1.50. The molecule has 41 heavy (non-hydrogen) atoms. The average Bonchev–Trinajstić information content (AvgIpc) is 3.40. The lowest BCUT2D eigenvalue weighted by Crippen LogP contribution is -2.54. The fraction of sp³-hybridized carbons (Fsp3) is 0.379. The lowest BCUT2D eigenvalue weighted by molar-refractivity contribution is -0.138. The number of alkyl halides is 1. The number of likely N-dealkylation sites (tertiary alicyclic amines) is 1. The highest BCUT2D eigenvalue weighted by Gasteiger charge is 2.47. The molecule has 10 nitrogen and oxygen atoms in total. The number of nitriles is 1. The predicted octanol–water partition coefficient (Wildman–Crippen LogP) is 4.58. The van der Waals surface area contributed by atoms with Gasteiger partial charge in [-0.05, 0) is 70.4 Å². The number of pyridine rings is 1. The number of hydrogen-bond acceptors (Lipinski definition) is 7. The molecule has 0 saturated carbocycles. The van der Waals surface area contributed by atoms with Crippen LogP contribution in [0.15, 0.2) is 47.3 Å². The summed E-state index contributed by atoms with van der Waals surface area (Å²) in [5.74, 6) is -1.15. The molecule has 2 amide bonds. The van der Waals surface area contributed by atoms with Gasteiger partial charge in [-0.15, -0.1) is 0 Å². The highest BCUT2D eigenvalue weighted by atomic mass is 35.5. The molecule has 0 aliphatic carbocycles. The van der Waals surface area contributed by atoms with E-state index in [1.807, 2.05) is 6.07 Å². The van der Waals surface area contributed by atoms with Crippen LogP contribution >= 0.6 is 11.6 Å². The molecule has 4 rings (SSSR count). The van der Waals surface area contributed by atoms with Gasteiger partial charge in [-0.25, -0.2) is 14.5 Å². The topological polar surface area (TPSA) is 141 Å². The second-order valence-corrected chi connectivity index (χ2v) is 10.9. The number of amides is 2. The third-order valence-corrected chi connectivity index (χ3v) is 7.37. The summed E-state index contributed by atoms with van der Waals surface area (Å²) in [5, 5.41) is 18.9. The van der Waals surface area contributed by atoms with E-state index in [1.165, 1.54) is 23.1 Å². The Balaban J connectivity index is 1.57. The number of aromatic amines is 1. The van der Waals surface area contributed by atoms with E-state index in [9.17, 15) is 24.0 Å². The van der Waals surface area contributed by atoms with Crippen molar-refractivity contribution < 1.29 is 18.7 Å². The Kier molecular flexibility index (Phi) is 8.73. The number of hydrogen-bond donors (Lipinski definition) is 2. The minimum absolute atomic E-state index is 0.0115. The van der Waals surface area contributed by atoms with Crippen LogP contribution in [0.25, 0.3) is 0 Å². The first-order chi connectivity index (χ1) is 19.4. The number of halogens is 2. The van der Waals surface area contributed by atoms with Crippen LogP contribution in [0.3, 0.4) is 0 Å². The molecule has 0 radical (unpaired) electrons. The van der Waals surface area contributed by atoms with E-state index in [-0.39, 0.29) is 17.2 Å². The number of rotatable bonds is 8. The van der Waals surface area contributed by atoms with E-state index in [1.54, 1.807) is 45.9 Å². The molecule has 12 heteroatoms. The van der Waals surface area contributed by atoms with Crippen LogP contribution < -0.4 is 15.6 Å². The van der Waals surface area contributed by atoms with Crippen LogP contribution in [0.4, 0.5) is 4.39 Å². The van der Waals surface area contributed by atoms with Gasteiger partial charge in [0, 0.05) is 11.1 Å². The molecule has 3 heterocycles. The number of aryl methyl sites for hydroxylation is 2. The van der Waals surface area contributed by atoms with E-state index in [4.69, 9.17) is 16.3 Å². The third kappa shape index (κ3) is 6.38. The summed E-state index contributed by atoms with van der Waals surface area (Å²) in [5.41, 5.74) is 0.0872. The normalized spacial score (nSPS) is 17.5. The maximum absolute atomic E-state index is 14.4. The molecule has 1 aromatic carbocycles. The molecule has 0 bridgehead atoms. The number of benzene rings is 1. The van der Waals surface area contributed by atoms with Gasteiger partial charge >= 0.3 is 5.56 Å². The zero-order chi connectivity index (χ0) is 29.9. The molecule has 2 aromatic heterocycles. The average molecular weight is 581 g/mol. The van der Waals surface area contributed by atoms with E-state index >= 15 is 0 Å². The quantitative estimate of drug-likeness (QED) is 0.397. The SMILES string of the molecule is Cc1cc(Oc2ccc(C(=O)N[C@H](CF)C(=O)N3[C@H](c4cccc(Cl)c4)CC[C@@H]3C(C)(C)C#N)nc2C)c(=O)[nH]n1. The largest absolute Gasteiger partial charge is 0.450 e. The molecule has 2 N–H and O–H groups in total. The fourth-order valence-electron chi connectivity index (χ4n) is 4.98. The number of carbonyl (C=O) groups is 2. The number of carbonyl (C=O) groups excluding carboxylic acids is 2. The fourth-order valence-corrected chi connectivity index (χ4v) is 5.18. The van der Waals surface area contributed by atoms with Crippen molar-refractivity contribution in [3.05, 3.63) is 80.5 Å². The monoisotopic (exact) mass is 580 g/mol. The van der Waals surface area contributed by atoms with Gasteiger partial charge < -0.3 is 15.0 Å². The minimum Gasteiger partial charge on any atom is -0.450 e. The Morgan fingerprint density at radius 3 is 2.66 bits per heavy atom. The van der Waals surface area contributed by atoms with Crippen molar-refractivity contribution in [3.8, 4) is 17.6 Å². The Hall–Kier alpha value is -4.30. The molecule has 1 aliphatic heterocycles. The standard InChI is InChI=1S/C29H30ClFN6O4/c1-16-12-24(27(39)36-35-16)41-23-10-8-20(33-17(23)2)26(38)34-21(14-31)28(40)37-22(18-6-5-7-19(30)13-18)9-11-25(37)29(3,4)15-32/h5-8,10,12-13,21-22,25H,9,11,14H2,1-4H3,(H,34,38)(H,36,39)/t21-,22+,25-/m1/s1. The second kappa shape index (κ2) is 12.1. The Morgan fingerprint density at radius 1 is 1.24 bits per heavy atom. The van der Waals surface area contributed by atoms with Gasteiger partial charge in [-0.1, -0.05) is 23.7 Å². The zero-order valence-corrected chi connectivity index (χ0v) is 23.8. The van der Waals surface area contributed by atoms with E-state index in [0.717, 1.165) is 5.56 Å². The van der Waals surface area contributed by atoms with Crippen molar-refractivity contribution in [3.63, 3.8) is 0 Å². The van der Waals surface area contributed by atoms with Crippen molar-refractivity contribution in [2.24, 2.45) is 5.41 Å². The lowest BCUT2D eigenvalue weighted by Gasteiger charge is -2.38. The molecule has 0 spiro atoms. The number of H-pyrrole nitrogens is 1. The van der Waals surface area contributed by atoms with Crippen LogP contribution in [0.5, 0.6) is 11.5 Å². The van der Waals surface area contributed by atoms with Crippen molar-refractivity contribution in [1.29, 1.82) is 5.26 Å². The maximum atomic E-state index is 14.4. The summed E-state index contributed by atoms with van der Waals surface area (Å²) in [7, 11) is 0. The number of nitrogens with zero attached hydrogens (tertiary/aromatic N) is 4. The zero-order valence-electron chi connectivity index (χ0n) is 23.1. The summed E-state index contributed by atoms with van der Waals surface area (Å²) in [6, 6.07) is 11.1. The van der Waals surface area contributed by atoms with Gasteiger partial charge in [-0.3, -0.25) is 14.4 Å². The van der Waals surface area contributed by atoms with Crippen molar-refractivity contribution in [2.75, 3.05) is 6.67 Å². The van der Waals surface area contributed by atoms with Crippen LogP contribution in [-0.4, -0.2) is 50.7 Å². The smallest absolute Gasteiger partial charge is 0.307 e. The summed E-state index contributed by atoms with van der Waals surface area (Å²) >= 11 is 6.21. The van der Waals surface area contributed by atoms with Crippen molar-refractivity contribution >= 4 is 23.4 Å². The molecular weight excluding hydrogens is 551 g/mol. The molecule has 1 aliphatic rings. The Bertz CT molecular complexity index is 1570. The van der Waals surface area contributed by atoms with Crippen LogP contribution in [0.1, 0.15) is 60.2 Å². The predicted molar refractivity (Wildman–Crippen MR) is 149 cm³/mol. The van der Waals surface area contributed by atoms with Crippen molar-refractivity contribution in [2.45, 2.75) is 58.7 Å². The van der Waals surface area contributed by atoms with Gasteiger partial charge in [0.2, 0.25) is 5.91 Å². The molecule has 0 unspecified atom stereocenters. The van der Waals surface area contributed by atoms with Gasteiger partial charge in [-0.2, -0.15) is 10.4 Å². The Labute approximate surface area is 241 Å². The molecule has 214 valence electrons. The van der Waals surface area contributed by atoms with E-state index in [0.29, 0.717) is 29.3 Å². The van der Waals surface area contributed by atoms with E-state index < -0.39 is 47.6 Å². The third-order valence-electron chi connectivity index (χ3n) is 7.14. The number of nitrogens with one attached hydrogen (secondary N) is 2. The van der Waals surface area contributed by atoms with Gasteiger partial charge in [0.15, 0.2) is 5.75 Å². The highest BCUT2D eigenvalue weighted by molar-refractivity contribution is 6.30. The van der Waals surface area contributed by atoms with E-state index in [2.05, 4.69) is 26.6 Å². The summed E-state index contributed by atoms with van der Waals surface area (Å²) in [6.07, 6.45) is 1.08. The maximum Gasteiger partial charge on any atom is 0.307 e. The van der Waals surface area contributed by atoms with Crippen molar-refractivity contribution in [1.82, 2.24) is 25.4 Å². The van der Waals surface area contributed by atoms with Crippen LogP contribution in [0.2, 0.25) is 5.02 Å². The molecule has 3 atom stereocenters. The molecule has 1 saturated heterocycles. The molecule has 1 fully saturated rings. The molecule has 3 aromatic rings. The second-order valence-electron chi connectivity index (χ2n) is 10.5.